The fourth-order valence-electron chi connectivity index (χ4n) is 1.99. The van der Waals surface area contributed by atoms with E-state index in [9.17, 15) is 0 Å². The largest absolute Gasteiger partial charge is 0.496 e. The lowest BCUT2D eigenvalue weighted by molar-refractivity contribution is 0.368. The Morgan fingerprint density at radius 1 is 1.47 bits per heavy atom. The molecule has 0 bridgehead atoms. The molecule has 0 aromatic heterocycles. The average Bonchev–Trinajstić information content (AvgIpc) is 2.37. The van der Waals surface area contributed by atoms with Crippen molar-refractivity contribution in [3.63, 3.8) is 0 Å². The maximum atomic E-state index is 6.03. The second kappa shape index (κ2) is 4.95. The van der Waals surface area contributed by atoms with Crippen molar-refractivity contribution in [2.75, 3.05) is 12.4 Å². The molecule has 0 fully saturated rings. The minimum Gasteiger partial charge on any atom is -0.496 e. The number of fused-ring (bicyclic) bond motifs is 1. The van der Waals surface area contributed by atoms with Gasteiger partial charge in [0.25, 0.3) is 0 Å². The van der Waals surface area contributed by atoms with E-state index < -0.39 is 0 Å². The third-order valence-corrected chi connectivity index (χ3v) is 2.84. The Hall–Kier alpha value is -1.90. The fraction of sp³-hybridized carbons (Fsp3) is 0.286. The van der Waals surface area contributed by atoms with Gasteiger partial charge in [-0.3, -0.25) is 0 Å². The zero-order chi connectivity index (χ0) is 12.3. The first-order valence-corrected chi connectivity index (χ1v) is 5.83. The molecule has 0 amide bonds. The number of ether oxygens (including phenoxy) is 1. The van der Waals surface area contributed by atoms with E-state index in [2.05, 4.69) is 12.2 Å². The number of nitrogens with one attached hydrogen (secondary N) is 1. The van der Waals surface area contributed by atoms with Crippen molar-refractivity contribution in [2.45, 2.75) is 19.4 Å². The van der Waals surface area contributed by atoms with Crippen LogP contribution >= 0.6 is 0 Å². The number of rotatable bonds is 3. The van der Waals surface area contributed by atoms with Gasteiger partial charge in [-0.05, 0) is 24.6 Å². The van der Waals surface area contributed by atoms with E-state index in [-0.39, 0.29) is 6.04 Å². The van der Waals surface area contributed by atoms with Gasteiger partial charge in [-0.2, -0.15) is 0 Å². The van der Waals surface area contributed by atoms with Crippen LogP contribution in [0.2, 0.25) is 0 Å². The summed E-state index contributed by atoms with van der Waals surface area (Å²) in [5, 5.41) is 3.40. The lowest BCUT2D eigenvalue weighted by atomic mass is 10.0. The summed E-state index contributed by atoms with van der Waals surface area (Å²) in [5.41, 5.74) is 9.00. The second-order valence-electron chi connectivity index (χ2n) is 4.02. The topological polar surface area (TPSA) is 47.3 Å². The molecule has 3 N–H and O–H groups in total. The van der Waals surface area contributed by atoms with Crippen LogP contribution < -0.4 is 11.1 Å². The van der Waals surface area contributed by atoms with E-state index in [0.29, 0.717) is 0 Å². The first-order chi connectivity index (χ1) is 8.26. The Morgan fingerprint density at radius 3 is 2.94 bits per heavy atom. The summed E-state index contributed by atoms with van der Waals surface area (Å²) in [5.74, 6) is 0.872. The zero-order valence-corrected chi connectivity index (χ0v) is 10.2. The molecule has 90 valence electrons. The molecule has 0 saturated carbocycles. The standard InChI is InChI=1S/C14H18N2O/c1-3-6-11(15)13-9-14(17-2)10-7-4-5-8-12(10)16-13/h4-9,13,16H,3,15H2,1-2H3/b11-6+. The highest BCUT2D eigenvalue weighted by molar-refractivity contribution is 5.77. The molecule has 3 nitrogen and oxygen atoms in total. The smallest absolute Gasteiger partial charge is 0.126 e. The number of hydrogen-bond donors (Lipinski definition) is 2. The van der Waals surface area contributed by atoms with E-state index in [1.807, 2.05) is 36.4 Å². The Morgan fingerprint density at radius 2 is 2.24 bits per heavy atom. The lowest BCUT2D eigenvalue weighted by Crippen LogP contribution is -2.28. The SMILES string of the molecule is CC/C=C(/N)C1C=C(OC)c2ccccc2N1. The van der Waals surface area contributed by atoms with Crippen LogP contribution in [-0.2, 0) is 4.74 Å². The van der Waals surface area contributed by atoms with Crippen LogP contribution in [-0.4, -0.2) is 13.2 Å². The summed E-state index contributed by atoms with van der Waals surface area (Å²) in [6, 6.07) is 8.08. The van der Waals surface area contributed by atoms with E-state index in [1.165, 1.54) is 0 Å². The highest BCUT2D eigenvalue weighted by atomic mass is 16.5. The molecule has 1 aliphatic rings. The summed E-state index contributed by atoms with van der Waals surface area (Å²) in [6.07, 6.45) is 4.97. The van der Waals surface area contributed by atoms with Crippen molar-refractivity contribution in [1.82, 2.24) is 0 Å². The van der Waals surface area contributed by atoms with Crippen molar-refractivity contribution >= 4 is 11.4 Å². The van der Waals surface area contributed by atoms with Crippen LogP contribution in [0.25, 0.3) is 5.76 Å². The number of methoxy groups -OCH3 is 1. The Kier molecular flexibility index (Phi) is 3.38. The van der Waals surface area contributed by atoms with Crippen molar-refractivity contribution < 1.29 is 4.74 Å². The zero-order valence-electron chi connectivity index (χ0n) is 10.2. The van der Waals surface area contributed by atoms with Crippen molar-refractivity contribution in [3.8, 4) is 0 Å². The molecule has 3 heteroatoms. The van der Waals surface area contributed by atoms with Gasteiger partial charge >= 0.3 is 0 Å². The molecule has 1 aliphatic heterocycles. The van der Waals surface area contributed by atoms with Crippen LogP contribution in [0.15, 0.2) is 42.1 Å². The molecule has 0 spiro atoms. The Balaban J connectivity index is 2.37. The summed E-state index contributed by atoms with van der Waals surface area (Å²) < 4.78 is 5.41. The number of hydrogen-bond acceptors (Lipinski definition) is 3. The van der Waals surface area contributed by atoms with E-state index in [4.69, 9.17) is 10.5 Å². The molecule has 2 rings (SSSR count). The van der Waals surface area contributed by atoms with Crippen molar-refractivity contribution in [3.05, 3.63) is 47.7 Å². The van der Waals surface area contributed by atoms with E-state index in [1.54, 1.807) is 7.11 Å². The lowest BCUT2D eigenvalue weighted by Gasteiger charge is -2.26. The number of para-hydroxylation sites is 1. The quantitative estimate of drug-likeness (QED) is 0.839. The maximum Gasteiger partial charge on any atom is 0.126 e. The van der Waals surface area contributed by atoms with Gasteiger partial charge in [-0.15, -0.1) is 0 Å². The molecule has 17 heavy (non-hydrogen) atoms. The average molecular weight is 230 g/mol. The molecule has 0 radical (unpaired) electrons. The number of anilines is 1. The normalized spacial score (nSPS) is 19.1. The molecular formula is C14H18N2O. The third-order valence-electron chi connectivity index (χ3n) is 2.84. The predicted octanol–water partition coefficient (Wildman–Crippen LogP) is 2.72. The molecule has 1 unspecified atom stereocenters. The number of allylic oxidation sites excluding steroid dienone is 1. The van der Waals surface area contributed by atoms with Gasteiger partial charge in [0, 0.05) is 16.9 Å². The molecule has 0 saturated heterocycles. The summed E-state index contributed by atoms with van der Waals surface area (Å²) >= 11 is 0. The first kappa shape index (κ1) is 11.6. The first-order valence-electron chi connectivity index (χ1n) is 5.83. The van der Waals surface area contributed by atoms with E-state index >= 15 is 0 Å². The number of nitrogens with two attached hydrogens (primary N) is 1. The van der Waals surface area contributed by atoms with Crippen LogP contribution in [0.1, 0.15) is 18.9 Å². The van der Waals surface area contributed by atoms with Crippen LogP contribution in [0.5, 0.6) is 0 Å². The van der Waals surface area contributed by atoms with Gasteiger partial charge in [0.05, 0.1) is 13.2 Å². The summed E-state index contributed by atoms with van der Waals surface area (Å²) in [4.78, 5) is 0. The molecule has 1 aromatic carbocycles. The highest BCUT2D eigenvalue weighted by Gasteiger charge is 2.20. The van der Waals surface area contributed by atoms with Gasteiger partial charge in [0.15, 0.2) is 0 Å². The van der Waals surface area contributed by atoms with Crippen LogP contribution in [0, 0.1) is 0 Å². The minimum atomic E-state index is 0.0137. The molecule has 1 atom stereocenters. The molecule has 1 aromatic rings. The Bertz CT molecular complexity index is 463. The summed E-state index contributed by atoms with van der Waals surface area (Å²) in [6.45, 7) is 2.07. The number of benzene rings is 1. The van der Waals surface area contributed by atoms with Gasteiger partial charge in [-0.1, -0.05) is 25.1 Å². The molecule has 1 heterocycles. The Labute approximate surface area is 102 Å². The van der Waals surface area contributed by atoms with E-state index in [0.717, 1.165) is 29.1 Å². The predicted molar refractivity (Wildman–Crippen MR) is 71.4 cm³/mol. The van der Waals surface area contributed by atoms with Crippen molar-refractivity contribution in [2.24, 2.45) is 5.73 Å². The van der Waals surface area contributed by atoms with Gasteiger partial charge < -0.3 is 15.8 Å². The van der Waals surface area contributed by atoms with Crippen LogP contribution in [0.3, 0.4) is 0 Å². The van der Waals surface area contributed by atoms with Gasteiger partial charge in [-0.25, -0.2) is 0 Å². The third kappa shape index (κ3) is 2.28. The molecule has 0 aliphatic carbocycles. The summed E-state index contributed by atoms with van der Waals surface area (Å²) in [7, 11) is 1.69. The van der Waals surface area contributed by atoms with Crippen molar-refractivity contribution in [1.29, 1.82) is 0 Å². The van der Waals surface area contributed by atoms with Crippen LogP contribution in [0.4, 0.5) is 5.69 Å². The highest BCUT2D eigenvalue weighted by Crippen LogP contribution is 2.30. The monoisotopic (exact) mass is 230 g/mol. The second-order valence-corrected chi connectivity index (χ2v) is 4.02. The van der Waals surface area contributed by atoms with Gasteiger partial charge in [0.1, 0.15) is 5.76 Å². The maximum absolute atomic E-state index is 6.03. The minimum absolute atomic E-state index is 0.0137. The molecular weight excluding hydrogens is 212 g/mol. The fourth-order valence-corrected chi connectivity index (χ4v) is 1.99. The van der Waals surface area contributed by atoms with Gasteiger partial charge in [0.2, 0.25) is 0 Å².